The SMILES string of the molecule is Cc1cc(C#Cc2ccccn2)cc(C(=O)NC(c2cc3ccccc3[nH]2)c2ncn3c2C[C@@H](F)C3)n1. The summed E-state index contributed by atoms with van der Waals surface area (Å²) in [6, 6.07) is 18.3. The first-order chi connectivity index (χ1) is 18.0. The van der Waals surface area contributed by atoms with Crippen molar-refractivity contribution in [2.24, 2.45) is 0 Å². The lowest BCUT2D eigenvalue weighted by molar-refractivity contribution is 0.0936. The third-order valence-electron chi connectivity index (χ3n) is 6.38. The van der Waals surface area contributed by atoms with E-state index in [2.05, 4.69) is 37.1 Å². The Bertz CT molecular complexity index is 1640. The van der Waals surface area contributed by atoms with Gasteiger partial charge in [-0.05, 0) is 54.6 Å². The molecule has 0 bridgehead atoms. The molecule has 37 heavy (non-hydrogen) atoms. The lowest BCUT2D eigenvalue weighted by Crippen LogP contribution is -2.31. The van der Waals surface area contributed by atoms with E-state index in [1.807, 2.05) is 66.1 Å². The molecule has 1 aliphatic rings. The van der Waals surface area contributed by atoms with Gasteiger partial charge in [0.15, 0.2) is 0 Å². The molecular formula is C29H23FN6O. The number of fused-ring (bicyclic) bond motifs is 2. The maximum absolute atomic E-state index is 14.2. The maximum Gasteiger partial charge on any atom is 0.270 e. The third-order valence-corrected chi connectivity index (χ3v) is 6.38. The first-order valence-corrected chi connectivity index (χ1v) is 12.0. The summed E-state index contributed by atoms with van der Waals surface area (Å²) in [5, 5.41) is 4.11. The molecule has 0 spiro atoms. The van der Waals surface area contributed by atoms with Gasteiger partial charge in [-0.1, -0.05) is 30.2 Å². The molecule has 2 atom stereocenters. The molecule has 8 heteroatoms. The number of halogens is 1. The summed E-state index contributed by atoms with van der Waals surface area (Å²) in [5.74, 6) is 5.72. The number of hydrogen-bond donors (Lipinski definition) is 2. The van der Waals surface area contributed by atoms with Gasteiger partial charge in [0.2, 0.25) is 0 Å². The molecule has 4 aromatic heterocycles. The smallest absolute Gasteiger partial charge is 0.270 e. The highest BCUT2D eigenvalue weighted by atomic mass is 19.1. The molecule has 0 saturated carbocycles. The van der Waals surface area contributed by atoms with Crippen LogP contribution in [0, 0.1) is 18.8 Å². The van der Waals surface area contributed by atoms with Crippen LogP contribution in [-0.2, 0) is 13.0 Å². The molecule has 1 aliphatic heterocycles. The fraction of sp³-hybridized carbons (Fsp3) is 0.172. The van der Waals surface area contributed by atoms with Crippen molar-refractivity contribution in [1.82, 2.24) is 29.8 Å². The Hall–Kier alpha value is -4.77. The summed E-state index contributed by atoms with van der Waals surface area (Å²) < 4.78 is 16.0. The average Bonchev–Trinajstić information content (AvgIpc) is 3.60. The molecule has 6 rings (SSSR count). The van der Waals surface area contributed by atoms with Gasteiger partial charge in [-0.25, -0.2) is 19.3 Å². The third kappa shape index (κ3) is 4.59. The summed E-state index contributed by atoms with van der Waals surface area (Å²) in [7, 11) is 0. The minimum Gasteiger partial charge on any atom is -0.356 e. The fourth-order valence-corrected chi connectivity index (χ4v) is 4.71. The number of nitrogens with zero attached hydrogens (tertiary/aromatic N) is 4. The van der Waals surface area contributed by atoms with Crippen molar-refractivity contribution in [2.45, 2.75) is 32.1 Å². The number of amides is 1. The first-order valence-electron chi connectivity index (χ1n) is 12.0. The Balaban J connectivity index is 1.35. The van der Waals surface area contributed by atoms with E-state index in [-0.39, 0.29) is 24.6 Å². The minimum atomic E-state index is -0.963. The second-order valence-electron chi connectivity index (χ2n) is 9.10. The van der Waals surface area contributed by atoms with Gasteiger partial charge in [-0.15, -0.1) is 0 Å². The largest absolute Gasteiger partial charge is 0.356 e. The van der Waals surface area contributed by atoms with Crippen LogP contribution < -0.4 is 5.32 Å². The molecule has 1 amide bonds. The van der Waals surface area contributed by atoms with E-state index in [0.29, 0.717) is 22.6 Å². The van der Waals surface area contributed by atoms with Crippen molar-refractivity contribution >= 4 is 16.8 Å². The summed E-state index contributed by atoms with van der Waals surface area (Å²) in [5.41, 5.74) is 5.33. The highest BCUT2D eigenvalue weighted by molar-refractivity contribution is 5.93. The van der Waals surface area contributed by atoms with E-state index < -0.39 is 12.2 Å². The number of aryl methyl sites for hydroxylation is 1. The lowest BCUT2D eigenvalue weighted by Gasteiger charge is -2.17. The number of pyridine rings is 2. The Kier molecular flexibility index (Phi) is 5.73. The molecule has 0 radical (unpaired) electrons. The second-order valence-corrected chi connectivity index (χ2v) is 9.10. The molecule has 1 aromatic carbocycles. The minimum absolute atomic E-state index is 0.241. The molecule has 182 valence electrons. The predicted molar refractivity (Wildman–Crippen MR) is 138 cm³/mol. The number of H-pyrrole nitrogens is 1. The topological polar surface area (TPSA) is 88.5 Å². The van der Waals surface area contributed by atoms with Gasteiger partial charge in [0.25, 0.3) is 5.91 Å². The Labute approximate surface area is 212 Å². The molecule has 7 nitrogen and oxygen atoms in total. The monoisotopic (exact) mass is 490 g/mol. The summed E-state index contributed by atoms with van der Waals surface area (Å²) in [4.78, 5) is 30.2. The molecule has 2 N–H and O–H groups in total. The molecule has 5 aromatic rings. The van der Waals surface area contributed by atoms with E-state index in [9.17, 15) is 9.18 Å². The number of alkyl halides is 1. The van der Waals surface area contributed by atoms with Crippen LogP contribution in [-0.4, -0.2) is 36.6 Å². The number of hydrogen-bond acceptors (Lipinski definition) is 4. The highest BCUT2D eigenvalue weighted by Crippen LogP contribution is 2.30. The zero-order chi connectivity index (χ0) is 25.4. The van der Waals surface area contributed by atoms with Gasteiger partial charge >= 0.3 is 0 Å². The Morgan fingerprint density at radius 2 is 2.00 bits per heavy atom. The van der Waals surface area contributed by atoms with Crippen LogP contribution in [0.3, 0.4) is 0 Å². The Morgan fingerprint density at radius 1 is 1.14 bits per heavy atom. The van der Waals surface area contributed by atoms with E-state index in [1.165, 1.54) is 0 Å². The van der Waals surface area contributed by atoms with Gasteiger partial charge in [-0.2, -0.15) is 0 Å². The zero-order valence-electron chi connectivity index (χ0n) is 20.1. The van der Waals surface area contributed by atoms with Gasteiger partial charge in [0.1, 0.15) is 23.6 Å². The van der Waals surface area contributed by atoms with Gasteiger partial charge < -0.3 is 14.9 Å². The molecule has 0 aliphatic carbocycles. The van der Waals surface area contributed by atoms with E-state index >= 15 is 0 Å². The van der Waals surface area contributed by atoms with E-state index in [4.69, 9.17) is 0 Å². The Morgan fingerprint density at radius 3 is 2.84 bits per heavy atom. The normalized spacial score (nSPS) is 15.1. The van der Waals surface area contributed by atoms with E-state index in [0.717, 1.165) is 22.3 Å². The molecule has 5 heterocycles. The highest BCUT2D eigenvalue weighted by Gasteiger charge is 2.31. The number of aromatic amines is 1. The van der Waals surface area contributed by atoms with Crippen molar-refractivity contribution in [3.8, 4) is 11.8 Å². The van der Waals surface area contributed by atoms with Crippen LogP contribution in [0.2, 0.25) is 0 Å². The van der Waals surface area contributed by atoms with Crippen molar-refractivity contribution in [3.63, 3.8) is 0 Å². The van der Waals surface area contributed by atoms with Crippen LogP contribution in [0.15, 0.2) is 73.2 Å². The fourth-order valence-electron chi connectivity index (χ4n) is 4.71. The van der Waals surface area contributed by atoms with Crippen molar-refractivity contribution in [3.05, 3.63) is 113 Å². The number of carbonyl (C=O) groups is 1. The van der Waals surface area contributed by atoms with Crippen LogP contribution in [0.5, 0.6) is 0 Å². The molecule has 0 fully saturated rings. The van der Waals surface area contributed by atoms with Crippen LogP contribution in [0.1, 0.15) is 50.6 Å². The van der Waals surface area contributed by atoms with Crippen LogP contribution in [0.25, 0.3) is 10.9 Å². The van der Waals surface area contributed by atoms with Crippen molar-refractivity contribution < 1.29 is 9.18 Å². The van der Waals surface area contributed by atoms with Gasteiger partial charge in [0, 0.05) is 40.8 Å². The quantitative estimate of drug-likeness (QED) is 0.368. The number of rotatable bonds is 4. The maximum atomic E-state index is 14.2. The number of para-hydroxylation sites is 1. The number of benzene rings is 1. The van der Waals surface area contributed by atoms with E-state index in [1.54, 1.807) is 18.6 Å². The number of nitrogens with one attached hydrogen (secondary N) is 2. The first kappa shape index (κ1) is 22.7. The summed E-state index contributed by atoms with van der Waals surface area (Å²) in [6.07, 6.45) is 2.62. The number of carbonyl (C=O) groups excluding carboxylic acids is 1. The lowest BCUT2D eigenvalue weighted by atomic mass is 10.1. The standard InChI is InChI=1S/C29H23FN6O/c1-18-12-19(9-10-22-7-4-5-11-31-22)13-25(33-18)29(37)35-27(24-14-20-6-2-3-8-23(20)34-24)28-26-15-21(30)16-36(26)17-32-28/h2-8,11-14,17,21,27,34H,15-16H2,1H3,(H,35,37)/t21-,27?/m1/s1. The van der Waals surface area contributed by atoms with Crippen molar-refractivity contribution in [1.29, 1.82) is 0 Å². The average molecular weight is 491 g/mol. The van der Waals surface area contributed by atoms with Gasteiger partial charge in [0.05, 0.1) is 18.6 Å². The molecule has 0 saturated heterocycles. The zero-order valence-corrected chi connectivity index (χ0v) is 20.1. The number of imidazole rings is 1. The van der Waals surface area contributed by atoms with Crippen molar-refractivity contribution in [2.75, 3.05) is 0 Å². The van der Waals surface area contributed by atoms with Crippen LogP contribution >= 0.6 is 0 Å². The molecule has 1 unspecified atom stereocenters. The molecular weight excluding hydrogens is 467 g/mol. The summed E-state index contributed by atoms with van der Waals surface area (Å²) >= 11 is 0. The predicted octanol–water partition coefficient (Wildman–Crippen LogP) is 4.28. The second kappa shape index (κ2) is 9.36. The number of aromatic nitrogens is 5. The summed E-state index contributed by atoms with van der Waals surface area (Å²) in [6.45, 7) is 2.09. The van der Waals surface area contributed by atoms with Gasteiger partial charge in [-0.3, -0.25) is 4.79 Å². The van der Waals surface area contributed by atoms with Crippen LogP contribution in [0.4, 0.5) is 4.39 Å².